The lowest BCUT2D eigenvalue weighted by Gasteiger charge is -2.37. The van der Waals surface area contributed by atoms with Gasteiger partial charge in [-0.1, -0.05) is 6.92 Å². The molecule has 2 aliphatic rings. The third kappa shape index (κ3) is 4.55. The fourth-order valence-corrected chi connectivity index (χ4v) is 4.05. The summed E-state index contributed by atoms with van der Waals surface area (Å²) in [5, 5.41) is 12.2. The number of anilines is 2. The third-order valence-corrected chi connectivity index (χ3v) is 5.41. The van der Waals surface area contributed by atoms with Gasteiger partial charge in [-0.15, -0.1) is 0 Å². The van der Waals surface area contributed by atoms with E-state index < -0.39 is 5.97 Å². The Morgan fingerprint density at radius 3 is 2.65 bits per heavy atom. The van der Waals surface area contributed by atoms with Crippen LogP contribution in [0, 0.1) is 5.92 Å². The molecule has 0 saturated carbocycles. The summed E-state index contributed by atoms with van der Waals surface area (Å²) in [6, 6.07) is 5.05. The van der Waals surface area contributed by atoms with Gasteiger partial charge >= 0.3 is 5.97 Å². The van der Waals surface area contributed by atoms with E-state index in [1.807, 2.05) is 6.07 Å². The molecule has 2 fully saturated rings. The number of carbonyl (C=O) groups is 2. The van der Waals surface area contributed by atoms with Crippen molar-refractivity contribution in [2.24, 2.45) is 5.92 Å². The number of likely N-dealkylation sites (tertiary alicyclic amines) is 1. The molecule has 2 N–H and O–H groups in total. The Labute approximate surface area is 155 Å². The van der Waals surface area contributed by atoms with Crippen molar-refractivity contribution in [1.82, 2.24) is 4.90 Å². The lowest BCUT2D eigenvalue weighted by atomic mass is 9.96. The van der Waals surface area contributed by atoms with Gasteiger partial charge in [0.2, 0.25) is 5.91 Å². The van der Waals surface area contributed by atoms with Crippen LogP contribution in [0.4, 0.5) is 11.4 Å². The third-order valence-electron chi connectivity index (χ3n) is 5.41. The van der Waals surface area contributed by atoms with Crippen LogP contribution in [0.2, 0.25) is 0 Å². The summed E-state index contributed by atoms with van der Waals surface area (Å²) < 4.78 is 0. The Bertz CT molecular complexity index is 656. The zero-order valence-electron chi connectivity index (χ0n) is 15.5. The molecule has 0 bridgehead atoms. The molecule has 6 nitrogen and oxygen atoms in total. The first-order valence-electron chi connectivity index (χ1n) is 9.71. The SMILES string of the molecule is CCC(=O)Nc1cc(C(=O)O)ccc1N1CCCC(CN2CCCC2)C1. The number of carbonyl (C=O) groups excluding carboxylic acids is 1. The van der Waals surface area contributed by atoms with Crippen molar-refractivity contribution in [2.75, 3.05) is 42.9 Å². The van der Waals surface area contributed by atoms with Crippen LogP contribution < -0.4 is 10.2 Å². The number of aromatic carboxylic acids is 1. The van der Waals surface area contributed by atoms with Gasteiger partial charge in [0.15, 0.2) is 0 Å². The van der Waals surface area contributed by atoms with E-state index in [0.717, 1.165) is 31.7 Å². The van der Waals surface area contributed by atoms with Crippen LogP contribution in [0.25, 0.3) is 0 Å². The standard InChI is InChI=1S/C20H29N3O3/c1-2-19(24)21-17-12-16(20(25)26)7-8-18(17)23-11-5-6-15(14-23)13-22-9-3-4-10-22/h7-8,12,15H,2-6,9-11,13-14H2,1H3,(H,21,24)(H,25,26). The second-order valence-electron chi connectivity index (χ2n) is 7.40. The predicted molar refractivity (Wildman–Crippen MR) is 103 cm³/mol. The van der Waals surface area contributed by atoms with Gasteiger partial charge in [0.1, 0.15) is 0 Å². The quantitative estimate of drug-likeness (QED) is 0.817. The van der Waals surface area contributed by atoms with Crippen LogP contribution in [0.1, 0.15) is 49.4 Å². The summed E-state index contributed by atoms with van der Waals surface area (Å²) in [5.41, 5.74) is 1.74. The highest BCUT2D eigenvalue weighted by Crippen LogP contribution is 2.32. The van der Waals surface area contributed by atoms with E-state index in [2.05, 4.69) is 15.1 Å². The number of carboxylic acids is 1. The van der Waals surface area contributed by atoms with Crippen molar-refractivity contribution in [3.63, 3.8) is 0 Å². The number of nitrogens with zero attached hydrogens (tertiary/aromatic N) is 2. The van der Waals surface area contributed by atoms with Crippen LogP contribution >= 0.6 is 0 Å². The molecule has 2 heterocycles. The molecule has 0 aromatic heterocycles. The first-order chi connectivity index (χ1) is 12.6. The number of nitrogens with one attached hydrogen (secondary N) is 1. The second-order valence-corrected chi connectivity index (χ2v) is 7.40. The molecule has 1 unspecified atom stereocenters. The highest BCUT2D eigenvalue weighted by molar-refractivity contribution is 5.97. The molecule has 0 radical (unpaired) electrons. The van der Waals surface area contributed by atoms with Crippen molar-refractivity contribution in [2.45, 2.75) is 39.0 Å². The minimum absolute atomic E-state index is 0.0978. The maximum absolute atomic E-state index is 11.9. The normalized spacial score (nSPS) is 21.0. The van der Waals surface area contributed by atoms with Gasteiger partial charge < -0.3 is 20.2 Å². The van der Waals surface area contributed by atoms with Gasteiger partial charge in [0, 0.05) is 26.1 Å². The molecule has 1 aromatic carbocycles. The average molecular weight is 359 g/mol. The molecule has 2 saturated heterocycles. The van der Waals surface area contributed by atoms with E-state index in [-0.39, 0.29) is 11.5 Å². The molecule has 0 spiro atoms. The number of hydrogen-bond acceptors (Lipinski definition) is 4. The summed E-state index contributed by atoms with van der Waals surface area (Å²) >= 11 is 0. The molecule has 2 aliphatic heterocycles. The van der Waals surface area contributed by atoms with E-state index >= 15 is 0 Å². The zero-order chi connectivity index (χ0) is 18.5. The molecule has 0 aliphatic carbocycles. The van der Waals surface area contributed by atoms with Gasteiger partial charge in [-0.05, 0) is 62.9 Å². The van der Waals surface area contributed by atoms with E-state index in [0.29, 0.717) is 18.0 Å². The number of carboxylic acid groups (broad SMARTS) is 1. The maximum atomic E-state index is 11.9. The van der Waals surface area contributed by atoms with E-state index in [9.17, 15) is 14.7 Å². The fourth-order valence-electron chi connectivity index (χ4n) is 4.05. The molecular weight excluding hydrogens is 330 g/mol. The summed E-state index contributed by atoms with van der Waals surface area (Å²) in [4.78, 5) is 28.1. The van der Waals surface area contributed by atoms with Crippen LogP contribution in [-0.4, -0.2) is 54.6 Å². The fraction of sp³-hybridized carbons (Fsp3) is 0.600. The highest BCUT2D eigenvalue weighted by Gasteiger charge is 2.25. The Hall–Kier alpha value is -2.08. The zero-order valence-corrected chi connectivity index (χ0v) is 15.5. The second kappa shape index (κ2) is 8.54. The molecule has 3 rings (SSSR count). The van der Waals surface area contributed by atoms with Crippen LogP contribution in [0.5, 0.6) is 0 Å². The van der Waals surface area contributed by atoms with Crippen molar-refractivity contribution < 1.29 is 14.7 Å². The van der Waals surface area contributed by atoms with Crippen LogP contribution in [-0.2, 0) is 4.79 Å². The molecule has 142 valence electrons. The molecule has 1 aromatic rings. The highest BCUT2D eigenvalue weighted by atomic mass is 16.4. The van der Waals surface area contributed by atoms with Gasteiger partial charge in [-0.3, -0.25) is 4.79 Å². The van der Waals surface area contributed by atoms with E-state index in [1.54, 1.807) is 19.1 Å². The van der Waals surface area contributed by atoms with Crippen molar-refractivity contribution in [3.05, 3.63) is 23.8 Å². The van der Waals surface area contributed by atoms with Crippen LogP contribution in [0.15, 0.2) is 18.2 Å². The monoisotopic (exact) mass is 359 g/mol. The molecule has 1 atom stereocenters. The largest absolute Gasteiger partial charge is 0.478 e. The number of piperidine rings is 1. The molecule has 26 heavy (non-hydrogen) atoms. The number of hydrogen-bond donors (Lipinski definition) is 2. The maximum Gasteiger partial charge on any atom is 0.335 e. The van der Waals surface area contributed by atoms with Gasteiger partial charge in [0.05, 0.1) is 16.9 Å². The Morgan fingerprint density at radius 1 is 1.19 bits per heavy atom. The van der Waals surface area contributed by atoms with E-state index in [4.69, 9.17) is 0 Å². The first kappa shape index (κ1) is 18.7. The number of benzene rings is 1. The first-order valence-corrected chi connectivity index (χ1v) is 9.71. The lowest BCUT2D eigenvalue weighted by Crippen LogP contribution is -2.40. The summed E-state index contributed by atoms with van der Waals surface area (Å²) in [5.74, 6) is -0.454. The Kier molecular flexibility index (Phi) is 6.14. The minimum atomic E-state index is -0.978. The lowest BCUT2D eigenvalue weighted by molar-refractivity contribution is -0.115. The Morgan fingerprint density at radius 2 is 1.96 bits per heavy atom. The van der Waals surface area contributed by atoms with Crippen LogP contribution in [0.3, 0.4) is 0 Å². The molecular formula is C20H29N3O3. The topological polar surface area (TPSA) is 72.9 Å². The van der Waals surface area contributed by atoms with E-state index in [1.165, 1.54) is 32.4 Å². The van der Waals surface area contributed by atoms with Crippen molar-refractivity contribution in [3.8, 4) is 0 Å². The molecule has 6 heteroatoms. The number of amides is 1. The summed E-state index contributed by atoms with van der Waals surface area (Å²) in [6.45, 7) is 7.25. The van der Waals surface area contributed by atoms with Gasteiger partial charge in [-0.2, -0.15) is 0 Å². The predicted octanol–water partition coefficient (Wildman–Crippen LogP) is 3.05. The van der Waals surface area contributed by atoms with Crippen molar-refractivity contribution >= 4 is 23.3 Å². The smallest absolute Gasteiger partial charge is 0.335 e. The van der Waals surface area contributed by atoms with Gasteiger partial charge in [-0.25, -0.2) is 4.79 Å². The number of rotatable bonds is 6. The Balaban J connectivity index is 1.77. The molecule has 1 amide bonds. The van der Waals surface area contributed by atoms with Crippen molar-refractivity contribution in [1.29, 1.82) is 0 Å². The minimum Gasteiger partial charge on any atom is -0.478 e. The summed E-state index contributed by atoms with van der Waals surface area (Å²) in [6.07, 6.45) is 5.34. The van der Waals surface area contributed by atoms with Gasteiger partial charge in [0.25, 0.3) is 0 Å². The summed E-state index contributed by atoms with van der Waals surface area (Å²) in [7, 11) is 0. The average Bonchev–Trinajstić information content (AvgIpc) is 3.14.